The van der Waals surface area contributed by atoms with Crippen LogP contribution in [0.3, 0.4) is 0 Å². The van der Waals surface area contributed by atoms with Crippen LogP contribution in [0.5, 0.6) is 0 Å². The monoisotopic (exact) mass is 244 g/mol. The molecule has 0 fully saturated rings. The fraction of sp³-hybridized carbons (Fsp3) is 0.333. The Morgan fingerprint density at radius 1 is 1.31 bits per heavy atom. The van der Waals surface area contributed by atoms with Crippen molar-refractivity contribution in [1.82, 2.24) is 0 Å². The maximum atomic E-state index is 13.5. The normalized spacial score (nSPS) is 13.4. The minimum Gasteiger partial charge on any atom is -0.607 e. The summed E-state index contributed by atoms with van der Waals surface area (Å²) in [6, 6.07) is 7.83. The van der Waals surface area contributed by atoms with Crippen LogP contribution in [-0.2, 0) is 11.2 Å². The van der Waals surface area contributed by atoms with E-state index in [0.717, 1.165) is 0 Å². The van der Waals surface area contributed by atoms with E-state index in [1.807, 2.05) is 0 Å². The Kier molecular flexibility index (Phi) is 4.96. The largest absolute Gasteiger partial charge is 0.607 e. The van der Waals surface area contributed by atoms with Gasteiger partial charge < -0.3 is 4.55 Å². The predicted molar refractivity (Wildman–Crippen MR) is 61.8 cm³/mol. The molecule has 0 aromatic heterocycles. The summed E-state index contributed by atoms with van der Waals surface area (Å²) in [6.45, 7) is 3.46. The van der Waals surface area contributed by atoms with Crippen LogP contribution in [0, 0.1) is 0 Å². The summed E-state index contributed by atoms with van der Waals surface area (Å²) in [5.74, 6) is 0. The molecule has 88 valence electrons. The smallest absolute Gasteiger partial charge is 0.411 e. The molecule has 0 saturated heterocycles. The van der Waals surface area contributed by atoms with E-state index in [1.54, 1.807) is 24.3 Å². The van der Waals surface area contributed by atoms with E-state index in [4.69, 9.17) is 0 Å². The van der Waals surface area contributed by atoms with Crippen LogP contribution in [0.15, 0.2) is 47.9 Å². The molecule has 0 spiro atoms. The van der Waals surface area contributed by atoms with Crippen molar-refractivity contribution in [2.24, 2.45) is 0 Å². The molecular formula is C12H14F2OS. The van der Waals surface area contributed by atoms with E-state index < -0.39 is 16.4 Å². The Balaban J connectivity index is 2.64. The molecule has 0 N–H and O–H groups in total. The van der Waals surface area contributed by atoms with Gasteiger partial charge in [0.1, 0.15) is 0 Å². The molecule has 16 heavy (non-hydrogen) atoms. The zero-order chi connectivity index (χ0) is 12.0. The lowest BCUT2D eigenvalue weighted by Gasteiger charge is -2.19. The molecule has 4 heteroatoms. The van der Waals surface area contributed by atoms with Crippen molar-refractivity contribution in [1.29, 1.82) is 0 Å². The van der Waals surface area contributed by atoms with Gasteiger partial charge in [0.05, 0.1) is 17.6 Å². The van der Waals surface area contributed by atoms with Crippen molar-refractivity contribution in [3.05, 3.63) is 43.0 Å². The maximum absolute atomic E-state index is 13.5. The number of rotatable bonds is 6. The Bertz CT molecular complexity index is 327. The summed E-state index contributed by atoms with van der Waals surface area (Å²) < 4.78 is 38.6. The van der Waals surface area contributed by atoms with Crippen molar-refractivity contribution in [3.8, 4) is 0 Å². The molecule has 1 aromatic rings. The average Bonchev–Trinajstić information content (AvgIpc) is 2.29. The van der Waals surface area contributed by atoms with Crippen molar-refractivity contribution >= 4 is 11.2 Å². The molecule has 0 aliphatic rings. The minimum absolute atomic E-state index is 0.172. The zero-order valence-corrected chi connectivity index (χ0v) is 9.68. The van der Waals surface area contributed by atoms with Crippen LogP contribution in [0.4, 0.5) is 8.78 Å². The summed E-state index contributed by atoms with van der Waals surface area (Å²) >= 11 is -2.26. The lowest BCUT2D eigenvalue weighted by molar-refractivity contribution is 0.0801. The van der Waals surface area contributed by atoms with Crippen LogP contribution >= 0.6 is 0 Å². The first kappa shape index (κ1) is 13.2. The van der Waals surface area contributed by atoms with Crippen molar-refractivity contribution in [3.63, 3.8) is 0 Å². The number of hydrogen-bond donors (Lipinski definition) is 0. The highest BCUT2D eigenvalue weighted by Gasteiger charge is 2.43. The number of allylic oxidation sites excluding steroid dienone is 1. The van der Waals surface area contributed by atoms with Crippen LogP contribution in [0.2, 0.25) is 0 Å². The third-order valence-corrected chi connectivity index (χ3v) is 3.55. The minimum atomic E-state index is -3.16. The predicted octanol–water partition coefficient (Wildman–Crippen LogP) is 3.74. The Hall–Kier alpha value is -0.870. The Morgan fingerprint density at radius 3 is 2.50 bits per heavy atom. The van der Waals surface area contributed by atoms with Gasteiger partial charge in [-0.3, -0.25) is 0 Å². The first-order valence-electron chi connectivity index (χ1n) is 5.03. The summed E-state index contributed by atoms with van der Waals surface area (Å²) in [5.41, 5.74) is 0. The fourth-order valence-corrected chi connectivity index (χ4v) is 2.34. The van der Waals surface area contributed by atoms with Crippen molar-refractivity contribution in [2.75, 3.05) is 0 Å². The average molecular weight is 244 g/mol. The highest BCUT2D eigenvalue weighted by molar-refractivity contribution is 7.92. The van der Waals surface area contributed by atoms with Gasteiger partial charge in [-0.05, 0) is 25.0 Å². The lowest BCUT2D eigenvalue weighted by Crippen LogP contribution is -2.28. The van der Waals surface area contributed by atoms with E-state index in [0.29, 0.717) is 12.8 Å². The van der Waals surface area contributed by atoms with Gasteiger partial charge in [0.25, 0.3) is 0 Å². The van der Waals surface area contributed by atoms with Gasteiger partial charge in [0.2, 0.25) is 0 Å². The standard InChI is InChI=1S/C12H14F2OS/c1-2-3-7-10-12(13,14)16(15)11-8-5-4-6-9-11/h2,4-6,8-9H,1,3,7,10H2. The molecule has 1 unspecified atom stereocenters. The number of unbranched alkanes of at least 4 members (excludes halogenated alkanes) is 1. The first-order valence-corrected chi connectivity index (χ1v) is 6.18. The van der Waals surface area contributed by atoms with E-state index in [-0.39, 0.29) is 11.3 Å². The molecule has 0 saturated carbocycles. The van der Waals surface area contributed by atoms with Crippen LogP contribution in [0.25, 0.3) is 0 Å². The third-order valence-electron chi connectivity index (χ3n) is 2.10. The van der Waals surface area contributed by atoms with E-state index in [1.165, 1.54) is 12.1 Å². The third kappa shape index (κ3) is 3.61. The second-order valence-corrected chi connectivity index (χ2v) is 5.01. The molecule has 0 radical (unpaired) electrons. The van der Waals surface area contributed by atoms with E-state index in [2.05, 4.69) is 6.58 Å². The van der Waals surface area contributed by atoms with Crippen LogP contribution in [0.1, 0.15) is 19.3 Å². The topological polar surface area (TPSA) is 23.1 Å². The summed E-state index contributed by atoms with van der Waals surface area (Å²) in [7, 11) is 0. The second-order valence-electron chi connectivity index (χ2n) is 3.40. The summed E-state index contributed by atoms with van der Waals surface area (Å²) in [5, 5.41) is -3.16. The van der Waals surface area contributed by atoms with E-state index >= 15 is 0 Å². The molecule has 1 aromatic carbocycles. The Labute approximate surface area is 97.4 Å². The van der Waals surface area contributed by atoms with Gasteiger partial charge in [-0.1, -0.05) is 24.3 Å². The van der Waals surface area contributed by atoms with Gasteiger partial charge in [0, 0.05) is 0 Å². The summed E-state index contributed by atoms with van der Waals surface area (Å²) in [4.78, 5) is 0.172. The van der Waals surface area contributed by atoms with Crippen molar-refractivity contribution < 1.29 is 13.3 Å². The number of alkyl halides is 2. The zero-order valence-electron chi connectivity index (χ0n) is 8.86. The molecular weight excluding hydrogens is 230 g/mol. The highest BCUT2D eigenvalue weighted by Crippen LogP contribution is 2.33. The van der Waals surface area contributed by atoms with Crippen LogP contribution in [-0.4, -0.2) is 9.81 Å². The quantitative estimate of drug-likeness (QED) is 0.424. The van der Waals surface area contributed by atoms with Gasteiger partial charge in [-0.15, -0.1) is 6.58 Å². The molecule has 1 rings (SSSR count). The molecule has 0 bridgehead atoms. The SMILES string of the molecule is C=CCCCC(F)(F)[S+]([O-])c1ccccc1. The lowest BCUT2D eigenvalue weighted by atomic mass is 10.2. The maximum Gasteiger partial charge on any atom is 0.411 e. The summed E-state index contributed by atoms with van der Waals surface area (Å²) in [6.07, 6.45) is 2.03. The Morgan fingerprint density at radius 2 is 1.94 bits per heavy atom. The fourth-order valence-electron chi connectivity index (χ4n) is 1.26. The molecule has 0 amide bonds. The first-order chi connectivity index (χ1) is 7.58. The second kappa shape index (κ2) is 6.01. The molecule has 0 aliphatic carbocycles. The molecule has 0 heterocycles. The van der Waals surface area contributed by atoms with Gasteiger partial charge in [0.15, 0.2) is 4.90 Å². The van der Waals surface area contributed by atoms with Gasteiger partial charge >= 0.3 is 5.25 Å². The number of hydrogen-bond acceptors (Lipinski definition) is 1. The highest BCUT2D eigenvalue weighted by atomic mass is 32.2. The molecule has 0 aliphatic heterocycles. The molecule has 1 nitrogen and oxygen atoms in total. The van der Waals surface area contributed by atoms with Crippen molar-refractivity contribution in [2.45, 2.75) is 29.4 Å². The number of benzene rings is 1. The van der Waals surface area contributed by atoms with Gasteiger partial charge in [-0.25, -0.2) is 0 Å². The molecule has 1 atom stereocenters. The van der Waals surface area contributed by atoms with Crippen LogP contribution < -0.4 is 0 Å². The number of halogens is 2. The van der Waals surface area contributed by atoms with Gasteiger partial charge in [-0.2, -0.15) is 8.78 Å². The van der Waals surface area contributed by atoms with E-state index in [9.17, 15) is 13.3 Å².